The number of hydrogen-bond acceptors (Lipinski definition) is 6. The summed E-state index contributed by atoms with van der Waals surface area (Å²) in [6, 6.07) is 9.09. The zero-order chi connectivity index (χ0) is 16.9. The Morgan fingerprint density at radius 3 is 2.75 bits per heavy atom. The Hall–Kier alpha value is -2.80. The van der Waals surface area contributed by atoms with Crippen molar-refractivity contribution in [3.05, 3.63) is 53.2 Å². The molecule has 0 aliphatic carbocycles. The van der Waals surface area contributed by atoms with Gasteiger partial charge in [0.1, 0.15) is 0 Å². The molecule has 0 bridgehead atoms. The Balaban J connectivity index is 1.84. The SMILES string of the molecule is COc1ccc(C=C2SC(=Nc3cccnc3)NC2=O)cc1OC. The highest BCUT2D eigenvalue weighted by Crippen LogP contribution is 2.31. The van der Waals surface area contributed by atoms with Gasteiger partial charge in [-0.25, -0.2) is 4.99 Å². The third-order valence-corrected chi connectivity index (χ3v) is 4.14. The van der Waals surface area contributed by atoms with E-state index in [0.29, 0.717) is 27.3 Å². The van der Waals surface area contributed by atoms with Crippen molar-refractivity contribution in [2.24, 2.45) is 4.99 Å². The van der Waals surface area contributed by atoms with Crippen molar-refractivity contribution in [1.82, 2.24) is 10.3 Å². The first-order valence-electron chi connectivity index (χ1n) is 7.11. The predicted octanol–water partition coefficient (Wildman–Crippen LogP) is 2.99. The van der Waals surface area contributed by atoms with Crippen molar-refractivity contribution in [1.29, 1.82) is 0 Å². The van der Waals surface area contributed by atoms with E-state index >= 15 is 0 Å². The summed E-state index contributed by atoms with van der Waals surface area (Å²) in [6.45, 7) is 0. The second-order valence-electron chi connectivity index (χ2n) is 4.81. The van der Waals surface area contributed by atoms with Crippen LogP contribution in [0.2, 0.25) is 0 Å². The average Bonchev–Trinajstić information content (AvgIpc) is 2.94. The minimum atomic E-state index is -0.183. The summed E-state index contributed by atoms with van der Waals surface area (Å²) < 4.78 is 10.5. The molecule has 0 atom stereocenters. The second kappa shape index (κ2) is 7.18. The molecule has 0 spiro atoms. The molecule has 0 radical (unpaired) electrons. The molecule has 1 N–H and O–H groups in total. The number of thioether (sulfide) groups is 1. The number of carbonyl (C=O) groups excluding carboxylic acids is 1. The first-order chi connectivity index (χ1) is 11.7. The van der Waals surface area contributed by atoms with Crippen LogP contribution in [0, 0.1) is 0 Å². The number of methoxy groups -OCH3 is 2. The molecule has 0 unspecified atom stereocenters. The minimum Gasteiger partial charge on any atom is -0.493 e. The normalized spacial score (nSPS) is 17.2. The van der Waals surface area contributed by atoms with Gasteiger partial charge in [0, 0.05) is 6.20 Å². The van der Waals surface area contributed by atoms with Crippen molar-refractivity contribution in [2.45, 2.75) is 0 Å². The van der Waals surface area contributed by atoms with Crippen molar-refractivity contribution < 1.29 is 14.3 Å². The van der Waals surface area contributed by atoms with Crippen LogP contribution < -0.4 is 14.8 Å². The number of ether oxygens (including phenoxy) is 2. The van der Waals surface area contributed by atoms with E-state index in [4.69, 9.17) is 9.47 Å². The molecular formula is C17H15N3O3S. The van der Waals surface area contributed by atoms with E-state index in [1.54, 1.807) is 44.8 Å². The van der Waals surface area contributed by atoms with Crippen LogP contribution in [0.15, 0.2) is 52.6 Å². The molecule has 3 rings (SSSR count). The Morgan fingerprint density at radius 2 is 2.04 bits per heavy atom. The number of hydrogen-bond donors (Lipinski definition) is 1. The molecule has 0 saturated carbocycles. The van der Waals surface area contributed by atoms with Crippen molar-refractivity contribution >= 4 is 34.6 Å². The monoisotopic (exact) mass is 341 g/mol. The number of aromatic nitrogens is 1. The van der Waals surface area contributed by atoms with E-state index in [2.05, 4.69) is 15.3 Å². The first kappa shape index (κ1) is 16.1. The second-order valence-corrected chi connectivity index (χ2v) is 5.84. The number of amides is 1. The van der Waals surface area contributed by atoms with Gasteiger partial charge >= 0.3 is 0 Å². The van der Waals surface area contributed by atoms with E-state index in [0.717, 1.165) is 5.56 Å². The number of carbonyl (C=O) groups is 1. The summed E-state index contributed by atoms with van der Waals surface area (Å²) in [4.78, 5) is 21.0. The van der Waals surface area contributed by atoms with Crippen LogP contribution in [-0.4, -0.2) is 30.3 Å². The lowest BCUT2D eigenvalue weighted by Crippen LogP contribution is -2.19. The zero-order valence-electron chi connectivity index (χ0n) is 13.1. The fourth-order valence-electron chi connectivity index (χ4n) is 2.11. The van der Waals surface area contributed by atoms with Crippen LogP contribution in [0.3, 0.4) is 0 Å². The highest BCUT2D eigenvalue weighted by Gasteiger charge is 2.23. The van der Waals surface area contributed by atoms with E-state index in [9.17, 15) is 4.79 Å². The molecule has 7 heteroatoms. The molecular weight excluding hydrogens is 326 g/mol. The number of pyridine rings is 1. The van der Waals surface area contributed by atoms with Gasteiger partial charge in [0.25, 0.3) is 5.91 Å². The van der Waals surface area contributed by atoms with Crippen molar-refractivity contribution in [3.63, 3.8) is 0 Å². The number of nitrogens with zero attached hydrogens (tertiary/aromatic N) is 2. The van der Waals surface area contributed by atoms with Crippen LogP contribution >= 0.6 is 11.8 Å². The molecule has 2 aromatic rings. The first-order valence-corrected chi connectivity index (χ1v) is 7.93. The maximum Gasteiger partial charge on any atom is 0.264 e. The van der Waals surface area contributed by atoms with Crippen LogP contribution in [0.1, 0.15) is 5.56 Å². The van der Waals surface area contributed by atoms with Gasteiger partial charge in [-0.2, -0.15) is 0 Å². The van der Waals surface area contributed by atoms with Gasteiger partial charge in [-0.1, -0.05) is 6.07 Å². The van der Waals surface area contributed by atoms with Gasteiger partial charge in [0.15, 0.2) is 16.7 Å². The van der Waals surface area contributed by atoms with Crippen LogP contribution in [0.25, 0.3) is 6.08 Å². The summed E-state index contributed by atoms with van der Waals surface area (Å²) in [5, 5.41) is 3.27. The highest BCUT2D eigenvalue weighted by atomic mass is 32.2. The van der Waals surface area contributed by atoms with Gasteiger partial charge < -0.3 is 14.8 Å². The average molecular weight is 341 g/mol. The number of nitrogens with one attached hydrogen (secondary N) is 1. The van der Waals surface area contributed by atoms with Gasteiger partial charge in [-0.05, 0) is 47.7 Å². The molecule has 1 aromatic heterocycles. The Kier molecular flexibility index (Phi) is 4.81. The molecule has 122 valence electrons. The number of aliphatic imine (C=N–C) groups is 1. The fraction of sp³-hybridized carbons (Fsp3) is 0.118. The Labute approximate surface area is 143 Å². The minimum absolute atomic E-state index is 0.183. The summed E-state index contributed by atoms with van der Waals surface area (Å²) in [6.07, 6.45) is 5.09. The molecule has 2 heterocycles. The van der Waals surface area contributed by atoms with E-state index < -0.39 is 0 Å². The van der Waals surface area contributed by atoms with Gasteiger partial charge in [-0.3, -0.25) is 9.78 Å². The number of benzene rings is 1. The standard InChI is InChI=1S/C17H15N3O3S/c1-22-13-6-5-11(8-14(13)23-2)9-15-16(21)20-17(24-15)19-12-4-3-7-18-10-12/h3-10H,1-2H3,(H,19,20,21). The highest BCUT2D eigenvalue weighted by molar-refractivity contribution is 8.18. The van der Waals surface area contributed by atoms with Crippen molar-refractivity contribution in [3.8, 4) is 11.5 Å². The molecule has 1 aromatic carbocycles. The van der Waals surface area contributed by atoms with Crippen LogP contribution in [-0.2, 0) is 4.79 Å². The maximum atomic E-state index is 12.1. The summed E-state index contributed by atoms with van der Waals surface area (Å²) in [7, 11) is 3.15. The fourth-order valence-corrected chi connectivity index (χ4v) is 2.95. The molecule has 24 heavy (non-hydrogen) atoms. The van der Waals surface area contributed by atoms with Gasteiger partial charge in [0.05, 0.1) is 31.0 Å². The van der Waals surface area contributed by atoms with Gasteiger partial charge in [-0.15, -0.1) is 0 Å². The van der Waals surface area contributed by atoms with E-state index in [1.807, 2.05) is 18.2 Å². The third-order valence-electron chi connectivity index (χ3n) is 3.23. The largest absolute Gasteiger partial charge is 0.493 e. The molecule has 1 saturated heterocycles. The van der Waals surface area contributed by atoms with E-state index in [-0.39, 0.29) is 5.91 Å². The molecule has 6 nitrogen and oxygen atoms in total. The zero-order valence-corrected chi connectivity index (χ0v) is 14.0. The predicted molar refractivity (Wildman–Crippen MR) is 94.6 cm³/mol. The lowest BCUT2D eigenvalue weighted by atomic mass is 10.2. The van der Waals surface area contributed by atoms with Gasteiger partial charge in [0.2, 0.25) is 0 Å². The smallest absolute Gasteiger partial charge is 0.264 e. The third kappa shape index (κ3) is 3.57. The topological polar surface area (TPSA) is 72.8 Å². The maximum absolute atomic E-state index is 12.1. The Bertz CT molecular complexity index is 819. The number of rotatable bonds is 4. The lowest BCUT2D eigenvalue weighted by Gasteiger charge is -2.07. The van der Waals surface area contributed by atoms with Crippen molar-refractivity contribution in [2.75, 3.05) is 14.2 Å². The summed E-state index contributed by atoms with van der Waals surface area (Å²) >= 11 is 1.28. The quantitative estimate of drug-likeness (QED) is 0.866. The number of amidine groups is 1. The molecule has 1 fully saturated rings. The molecule has 1 aliphatic heterocycles. The Morgan fingerprint density at radius 1 is 1.21 bits per heavy atom. The molecule has 1 amide bonds. The van der Waals surface area contributed by atoms with Crippen LogP contribution in [0.4, 0.5) is 5.69 Å². The summed E-state index contributed by atoms with van der Waals surface area (Å²) in [5.41, 5.74) is 1.53. The van der Waals surface area contributed by atoms with Crippen LogP contribution in [0.5, 0.6) is 11.5 Å². The lowest BCUT2D eigenvalue weighted by molar-refractivity contribution is -0.115. The van der Waals surface area contributed by atoms with E-state index in [1.165, 1.54) is 11.8 Å². The molecule has 1 aliphatic rings. The summed E-state index contributed by atoms with van der Waals surface area (Å²) in [5.74, 6) is 1.07.